The number of ether oxygens (including phenoxy) is 1. The highest BCUT2D eigenvalue weighted by atomic mass is 35.5. The molecule has 0 spiro atoms. The van der Waals surface area contributed by atoms with Gasteiger partial charge in [-0.3, -0.25) is 4.79 Å². The lowest BCUT2D eigenvalue weighted by atomic mass is 10.2. The number of amides is 1. The standard InChI is InChI=1S/C22H24ClN3O2/c1-16-14-20(8-9-21(16)23)28-17(2)22(27)26-11-3-10-25(12-13-26)19-6-4-18(15-24)5-7-19/h4-9,14,17H,3,10-13H2,1-2H3. The van der Waals surface area contributed by atoms with Crippen molar-refractivity contribution in [2.75, 3.05) is 31.1 Å². The maximum absolute atomic E-state index is 12.9. The van der Waals surface area contributed by atoms with Gasteiger partial charge in [0.05, 0.1) is 11.6 Å². The molecule has 3 rings (SSSR count). The minimum Gasteiger partial charge on any atom is -0.481 e. The van der Waals surface area contributed by atoms with Crippen LogP contribution in [-0.2, 0) is 4.79 Å². The Balaban J connectivity index is 1.59. The zero-order valence-corrected chi connectivity index (χ0v) is 16.9. The number of hydrogen-bond acceptors (Lipinski definition) is 4. The maximum Gasteiger partial charge on any atom is 0.263 e. The van der Waals surface area contributed by atoms with Crippen molar-refractivity contribution in [3.63, 3.8) is 0 Å². The first-order valence-electron chi connectivity index (χ1n) is 9.44. The molecule has 1 fully saturated rings. The highest BCUT2D eigenvalue weighted by molar-refractivity contribution is 6.31. The minimum absolute atomic E-state index is 0.00529. The zero-order valence-electron chi connectivity index (χ0n) is 16.2. The molecule has 0 N–H and O–H groups in total. The predicted octanol–water partition coefficient (Wildman–Crippen LogP) is 4.03. The number of benzene rings is 2. The van der Waals surface area contributed by atoms with E-state index in [0.717, 1.165) is 30.8 Å². The number of nitriles is 1. The van der Waals surface area contributed by atoms with Crippen molar-refractivity contribution in [2.45, 2.75) is 26.4 Å². The summed E-state index contributed by atoms with van der Waals surface area (Å²) in [4.78, 5) is 17.0. The molecule has 1 unspecified atom stereocenters. The Morgan fingerprint density at radius 2 is 1.89 bits per heavy atom. The SMILES string of the molecule is Cc1cc(OC(C)C(=O)N2CCCN(c3ccc(C#N)cc3)CC2)ccc1Cl. The van der Waals surface area contributed by atoms with Gasteiger partial charge >= 0.3 is 0 Å². The number of carbonyl (C=O) groups is 1. The predicted molar refractivity (Wildman–Crippen MR) is 111 cm³/mol. The van der Waals surface area contributed by atoms with Gasteiger partial charge in [-0.05, 0) is 68.3 Å². The van der Waals surface area contributed by atoms with Crippen molar-refractivity contribution in [3.8, 4) is 11.8 Å². The monoisotopic (exact) mass is 397 g/mol. The van der Waals surface area contributed by atoms with Crippen molar-refractivity contribution in [3.05, 3.63) is 58.6 Å². The Bertz CT molecular complexity index is 876. The Kier molecular flexibility index (Phi) is 6.43. The normalized spacial score (nSPS) is 15.5. The number of aryl methyl sites for hydroxylation is 1. The minimum atomic E-state index is -0.554. The van der Waals surface area contributed by atoms with E-state index in [2.05, 4.69) is 11.0 Å². The van der Waals surface area contributed by atoms with Crippen LogP contribution in [0.25, 0.3) is 0 Å². The molecule has 0 aliphatic carbocycles. The van der Waals surface area contributed by atoms with E-state index in [4.69, 9.17) is 21.6 Å². The number of rotatable bonds is 4. The molecule has 6 heteroatoms. The van der Waals surface area contributed by atoms with Crippen LogP contribution < -0.4 is 9.64 Å². The number of anilines is 1. The largest absolute Gasteiger partial charge is 0.481 e. The number of halogens is 1. The summed E-state index contributed by atoms with van der Waals surface area (Å²) >= 11 is 6.05. The molecule has 146 valence electrons. The van der Waals surface area contributed by atoms with Gasteiger partial charge in [-0.25, -0.2) is 0 Å². The summed E-state index contributed by atoms with van der Waals surface area (Å²) in [5.41, 5.74) is 2.65. The molecule has 0 radical (unpaired) electrons. The third-order valence-electron chi connectivity index (χ3n) is 4.96. The average Bonchev–Trinajstić information content (AvgIpc) is 2.96. The van der Waals surface area contributed by atoms with Crippen molar-refractivity contribution >= 4 is 23.2 Å². The highest BCUT2D eigenvalue weighted by Crippen LogP contribution is 2.23. The summed E-state index contributed by atoms with van der Waals surface area (Å²) < 4.78 is 5.85. The third kappa shape index (κ3) is 4.76. The Morgan fingerprint density at radius 3 is 2.57 bits per heavy atom. The smallest absolute Gasteiger partial charge is 0.263 e. The number of carbonyl (C=O) groups excluding carboxylic acids is 1. The van der Waals surface area contributed by atoms with Crippen molar-refractivity contribution in [1.29, 1.82) is 5.26 Å². The molecule has 1 amide bonds. The van der Waals surface area contributed by atoms with Gasteiger partial charge in [0.15, 0.2) is 6.10 Å². The van der Waals surface area contributed by atoms with E-state index in [1.54, 1.807) is 19.1 Å². The second-order valence-electron chi connectivity index (χ2n) is 7.00. The van der Waals surface area contributed by atoms with Crippen LogP contribution in [0.3, 0.4) is 0 Å². The molecule has 0 saturated carbocycles. The van der Waals surface area contributed by atoms with Gasteiger partial charge in [0.1, 0.15) is 5.75 Å². The molecule has 1 heterocycles. The maximum atomic E-state index is 12.9. The summed E-state index contributed by atoms with van der Waals surface area (Å²) in [6.45, 7) is 6.68. The van der Waals surface area contributed by atoms with Crippen LogP contribution in [0.1, 0.15) is 24.5 Å². The molecule has 28 heavy (non-hydrogen) atoms. The van der Waals surface area contributed by atoms with E-state index in [-0.39, 0.29) is 5.91 Å². The second kappa shape index (κ2) is 8.99. The fourth-order valence-corrected chi connectivity index (χ4v) is 3.46. The summed E-state index contributed by atoms with van der Waals surface area (Å²) in [5.74, 6) is 0.645. The van der Waals surface area contributed by atoms with Gasteiger partial charge in [-0.2, -0.15) is 5.26 Å². The van der Waals surface area contributed by atoms with Gasteiger partial charge < -0.3 is 14.5 Å². The molecule has 1 aliphatic heterocycles. The van der Waals surface area contributed by atoms with Gasteiger partial charge in [-0.1, -0.05) is 11.6 Å². The van der Waals surface area contributed by atoms with Gasteiger partial charge in [0.2, 0.25) is 0 Å². The van der Waals surface area contributed by atoms with Crippen LogP contribution in [0, 0.1) is 18.3 Å². The van der Waals surface area contributed by atoms with Crippen LogP contribution >= 0.6 is 11.6 Å². The molecule has 0 bridgehead atoms. The fraction of sp³-hybridized carbons (Fsp3) is 0.364. The Morgan fingerprint density at radius 1 is 1.14 bits per heavy atom. The molecule has 1 atom stereocenters. The quantitative estimate of drug-likeness (QED) is 0.781. The van der Waals surface area contributed by atoms with E-state index in [9.17, 15) is 4.79 Å². The Hall–Kier alpha value is -2.71. The molecule has 1 saturated heterocycles. The fourth-order valence-electron chi connectivity index (χ4n) is 3.34. The Labute approximate surface area is 171 Å². The zero-order chi connectivity index (χ0) is 20.1. The molecule has 5 nitrogen and oxygen atoms in total. The molecular formula is C22H24ClN3O2. The van der Waals surface area contributed by atoms with Crippen LogP contribution in [0.4, 0.5) is 5.69 Å². The van der Waals surface area contributed by atoms with Crippen molar-refractivity contribution < 1.29 is 9.53 Å². The lowest BCUT2D eigenvalue weighted by Crippen LogP contribution is -2.42. The van der Waals surface area contributed by atoms with Crippen LogP contribution in [0.15, 0.2) is 42.5 Å². The third-order valence-corrected chi connectivity index (χ3v) is 5.38. The first-order chi connectivity index (χ1) is 13.5. The van der Waals surface area contributed by atoms with Gasteiger partial charge in [0.25, 0.3) is 5.91 Å². The van der Waals surface area contributed by atoms with E-state index >= 15 is 0 Å². The van der Waals surface area contributed by atoms with Gasteiger partial charge in [0, 0.05) is 36.9 Å². The summed E-state index contributed by atoms with van der Waals surface area (Å²) in [6.07, 6.45) is 0.334. The van der Waals surface area contributed by atoms with E-state index in [1.165, 1.54) is 0 Å². The van der Waals surface area contributed by atoms with Crippen LogP contribution in [0.5, 0.6) is 5.75 Å². The topological polar surface area (TPSA) is 56.6 Å². The molecule has 2 aromatic rings. The van der Waals surface area contributed by atoms with Crippen LogP contribution in [0.2, 0.25) is 5.02 Å². The highest BCUT2D eigenvalue weighted by Gasteiger charge is 2.25. The number of hydrogen-bond donors (Lipinski definition) is 0. The van der Waals surface area contributed by atoms with Crippen molar-refractivity contribution in [1.82, 2.24) is 4.90 Å². The molecule has 2 aromatic carbocycles. The first kappa shape index (κ1) is 20.0. The summed E-state index contributed by atoms with van der Waals surface area (Å²) in [6, 6.07) is 15.1. The summed E-state index contributed by atoms with van der Waals surface area (Å²) in [7, 11) is 0. The second-order valence-corrected chi connectivity index (χ2v) is 7.40. The molecule has 0 aromatic heterocycles. The summed E-state index contributed by atoms with van der Waals surface area (Å²) in [5, 5.41) is 9.62. The van der Waals surface area contributed by atoms with Crippen LogP contribution in [-0.4, -0.2) is 43.1 Å². The van der Waals surface area contributed by atoms with E-state index in [1.807, 2.05) is 42.2 Å². The molecular weight excluding hydrogens is 374 g/mol. The van der Waals surface area contributed by atoms with E-state index in [0.29, 0.717) is 29.4 Å². The lowest BCUT2D eigenvalue weighted by Gasteiger charge is -2.26. The molecule has 1 aliphatic rings. The lowest BCUT2D eigenvalue weighted by molar-refractivity contribution is -0.137. The number of nitrogens with zero attached hydrogens (tertiary/aromatic N) is 3. The average molecular weight is 398 g/mol. The first-order valence-corrected chi connectivity index (χ1v) is 9.82. The van der Waals surface area contributed by atoms with E-state index < -0.39 is 6.10 Å². The van der Waals surface area contributed by atoms with Crippen molar-refractivity contribution in [2.24, 2.45) is 0 Å². The van der Waals surface area contributed by atoms with Gasteiger partial charge in [-0.15, -0.1) is 0 Å².